The van der Waals surface area contributed by atoms with E-state index in [4.69, 9.17) is 10.5 Å². The van der Waals surface area contributed by atoms with E-state index < -0.39 is 6.10 Å². The SMILES string of the molecule is Nc1nc(C2CCCC2)ncc1C(=O)NCC(O)CN1CCOCC1. The Kier molecular flexibility index (Phi) is 6.17. The molecule has 1 aromatic rings. The number of carbonyl (C=O) groups is 1. The number of carbonyl (C=O) groups excluding carboxylic acids is 1. The molecule has 2 heterocycles. The molecule has 1 aliphatic heterocycles. The van der Waals surface area contributed by atoms with Crippen LogP contribution in [0.1, 0.15) is 47.8 Å². The van der Waals surface area contributed by atoms with Gasteiger partial charge in [0.1, 0.15) is 11.6 Å². The Bertz CT molecular complexity index is 586. The summed E-state index contributed by atoms with van der Waals surface area (Å²) >= 11 is 0. The number of nitrogens with one attached hydrogen (secondary N) is 1. The number of nitrogens with zero attached hydrogens (tertiary/aromatic N) is 3. The number of aliphatic hydroxyl groups is 1. The average molecular weight is 349 g/mol. The fourth-order valence-corrected chi connectivity index (χ4v) is 3.42. The second-order valence-electron chi connectivity index (χ2n) is 6.79. The molecule has 0 bridgehead atoms. The molecule has 1 aliphatic carbocycles. The van der Waals surface area contributed by atoms with Crippen molar-refractivity contribution >= 4 is 11.7 Å². The lowest BCUT2D eigenvalue weighted by Gasteiger charge is -2.28. The first-order valence-electron chi connectivity index (χ1n) is 9.02. The zero-order valence-corrected chi connectivity index (χ0v) is 14.5. The molecule has 8 heteroatoms. The van der Waals surface area contributed by atoms with Crippen molar-refractivity contribution in [3.05, 3.63) is 17.6 Å². The minimum absolute atomic E-state index is 0.167. The summed E-state index contributed by atoms with van der Waals surface area (Å²) in [5, 5.41) is 12.8. The summed E-state index contributed by atoms with van der Waals surface area (Å²) in [5.41, 5.74) is 6.21. The number of hydrogen-bond donors (Lipinski definition) is 3. The normalized spacial score (nSPS) is 20.5. The van der Waals surface area contributed by atoms with Gasteiger partial charge in [0.2, 0.25) is 0 Å². The highest BCUT2D eigenvalue weighted by Gasteiger charge is 2.22. The number of rotatable bonds is 6. The molecule has 3 rings (SSSR count). The van der Waals surface area contributed by atoms with Crippen LogP contribution in [0.15, 0.2) is 6.20 Å². The Morgan fingerprint density at radius 2 is 2.12 bits per heavy atom. The number of aromatic nitrogens is 2. The molecular formula is C17H27N5O3. The number of nitrogens with two attached hydrogens (primary N) is 1. The van der Waals surface area contributed by atoms with Gasteiger partial charge in [-0.25, -0.2) is 9.97 Å². The highest BCUT2D eigenvalue weighted by Crippen LogP contribution is 2.32. The number of β-amino-alcohol motifs (C(OH)–C–C–N with tert-alkyl or cyclic N) is 1. The minimum atomic E-state index is -0.637. The van der Waals surface area contributed by atoms with E-state index in [1.165, 1.54) is 19.0 Å². The molecule has 1 aromatic heterocycles. The predicted octanol–water partition coefficient (Wildman–Crippen LogP) is 0.139. The molecule has 25 heavy (non-hydrogen) atoms. The molecular weight excluding hydrogens is 322 g/mol. The van der Waals surface area contributed by atoms with Crippen molar-refractivity contribution in [2.45, 2.75) is 37.7 Å². The van der Waals surface area contributed by atoms with Gasteiger partial charge in [-0.15, -0.1) is 0 Å². The van der Waals surface area contributed by atoms with Gasteiger partial charge in [0.15, 0.2) is 0 Å². The molecule has 2 fully saturated rings. The Labute approximate surface area is 147 Å². The van der Waals surface area contributed by atoms with E-state index >= 15 is 0 Å². The summed E-state index contributed by atoms with van der Waals surface area (Å²) in [6.45, 7) is 3.64. The number of amides is 1. The molecule has 0 spiro atoms. The van der Waals surface area contributed by atoms with Crippen molar-refractivity contribution < 1.29 is 14.6 Å². The number of ether oxygens (including phenoxy) is 1. The number of anilines is 1. The summed E-state index contributed by atoms with van der Waals surface area (Å²) in [7, 11) is 0. The quantitative estimate of drug-likeness (QED) is 0.669. The van der Waals surface area contributed by atoms with Gasteiger partial charge in [0.25, 0.3) is 5.91 Å². The summed E-state index contributed by atoms with van der Waals surface area (Å²) in [6.07, 6.45) is 5.41. The maximum Gasteiger partial charge on any atom is 0.256 e. The van der Waals surface area contributed by atoms with Crippen LogP contribution >= 0.6 is 0 Å². The lowest BCUT2D eigenvalue weighted by Crippen LogP contribution is -2.44. The molecule has 0 radical (unpaired) electrons. The van der Waals surface area contributed by atoms with E-state index in [2.05, 4.69) is 20.2 Å². The first-order chi connectivity index (χ1) is 12.1. The molecule has 1 atom stereocenters. The molecule has 0 aromatic carbocycles. The predicted molar refractivity (Wildman–Crippen MR) is 93.3 cm³/mol. The van der Waals surface area contributed by atoms with Crippen LogP contribution in [0.25, 0.3) is 0 Å². The standard InChI is InChI=1S/C17H27N5O3/c18-15-14(10-19-16(21-15)12-3-1-2-4-12)17(24)20-9-13(23)11-22-5-7-25-8-6-22/h10,12-13,23H,1-9,11H2,(H,20,24)(H2,18,19,21). The Balaban J connectivity index is 1.50. The Morgan fingerprint density at radius 1 is 1.40 bits per heavy atom. The fraction of sp³-hybridized carbons (Fsp3) is 0.706. The van der Waals surface area contributed by atoms with Crippen molar-refractivity contribution in [2.75, 3.05) is 45.1 Å². The number of nitrogen functional groups attached to an aromatic ring is 1. The first-order valence-corrected chi connectivity index (χ1v) is 9.02. The molecule has 138 valence electrons. The molecule has 1 unspecified atom stereocenters. The second kappa shape index (κ2) is 8.55. The topological polar surface area (TPSA) is 114 Å². The van der Waals surface area contributed by atoms with Crippen molar-refractivity contribution in [2.24, 2.45) is 0 Å². The molecule has 1 saturated carbocycles. The molecule has 8 nitrogen and oxygen atoms in total. The minimum Gasteiger partial charge on any atom is -0.390 e. The van der Waals surface area contributed by atoms with Crippen LogP contribution in [0.4, 0.5) is 5.82 Å². The lowest BCUT2D eigenvalue weighted by molar-refractivity contribution is 0.0149. The summed E-state index contributed by atoms with van der Waals surface area (Å²) < 4.78 is 5.28. The van der Waals surface area contributed by atoms with Crippen LogP contribution in [0.5, 0.6) is 0 Å². The molecule has 2 aliphatic rings. The van der Waals surface area contributed by atoms with E-state index in [0.29, 0.717) is 25.7 Å². The fourth-order valence-electron chi connectivity index (χ4n) is 3.42. The summed E-state index contributed by atoms with van der Waals surface area (Å²) in [5.74, 6) is 0.947. The van der Waals surface area contributed by atoms with Gasteiger partial charge in [-0.3, -0.25) is 9.69 Å². The Hall–Kier alpha value is -1.77. The van der Waals surface area contributed by atoms with E-state index in [-0.39, 0.29) is 23.8 Å². The zero-order valence-electron chi connectivity index (χ0n) is 14.5. The van der Waals surface area contributed by atoms with Gasteiger partial charge in [0.05, 0.1) is 24.9 Å². The van der Waals surface area contributed by atoms with Crippen LogP contribution in [0, 0.1) is 0 Å². The van der Waals surface area contributed by atoms with Crippen molar-refractivity contribution in [3.63, 3.8) is 0 Å². The lowest BCUT2D eigenvalue weighted by atomic mass is 10.1. The van der Waals surface area contributed by atoms with Gasteiger partial charge < -0.3 is 20.9 Å². The second-order valence-corrected chi connectivity index (χ2v) is 6.79. The molecule has 1 amide bonds. The van der Waals surface area contributed by atoms with Crippen LogP contribution in [-0.4, -0.2) is 71.4 Å². The summed E-state index contributed by atoms with van der Waals surface area (Å²) in [4.78, 5) is 23.0. The number of aliphatic hydroxyl groups excluding tert-OH is 1. The van der Waals surface area contributed by atoms with Crippen LogP contribution in [0.3, 0.4) is 0 Å². The third-order valence-electron chi connectivity index (χ3n) is 4.87. The maximum absolute atomic E-state index is 12.3. The van der Waals surface area contributed by atoms with E-state index in [0.717, 1.165) is 31.8 Å². The van der Waals surface area contributed by atoms with Gasteiger partial charge in [-0.2, -0.15) is 0 Å². The maximum atomic E-state index is 12.3. The van der Waals surface area contributed by atoms with Gasteiger partial charge in [-0.05, 0) is 12.8 Å². The highest BCUT2D eigenvalue weighted by atomic mass is 16.5. The van der Waals surface area contributed by atoms with Gasteiger partial charge >= 0.3 is 0 Å². The third kappa shape index (κ3) is 4.87. The van der Waals surface area contributed by atoms with E-state index in [9.17, 15) is 9.90 Å². The largest absolute Gasteiger partial charge is 0.390 e. The van der Waals surface area contributed by atoms with Gasteiger partial charge in [-0.1, -0.05) is 12.8 Å². The van der Waals surface area contributed by atoms with Crippen LogP contribution in [0.2, 0.25) is 0 Å². The molecule has 4 N–H and O–H groups in total. The molecule has 1 saturated heterocycles. The van der Waals surface area contributed by atoms with Crippen molar-refractivity contribution in [1.29, 1.82) is 0 Å². The highest BCUT2D eigenvalue weighted by molar-refractivity contribution is 5.97. The number of morpholine rings is 1. The number of hydrogen-bond acceptors (Lipinski definition) is 7. The smallest absolute Gasteiger partial charge is 0.256 e. The van der Waals surface area contributed by atoms with Crippen LogP contribution in [-0.2, 0) is 4.74 Å². The third-order valence-corrected chi connectivity index (χ3v) is 4.87. The van der Waals surface area contributed by atoms with E-state index in [1.807, 2.05) is 0 Å². The monoisotopic (exact) mass is 349 g/mol. The first kappa shape index (κ1) is 18.0. The van der Waals surface area contributed by atoms with Gasteiger partial charge in [0, 0.05) is 38.3 Å². The van der Waals surface area contributed by atoms with Crippen LogP contribution < -0.4 is 11.1 Å². The zero-order chi connectivity index (χ0) is 17.6. The Morgan fingerprint density at radius 3 is 2.80 bits per heavy atom. The summed E-state index contributed by atoms with van der Waals surface area (Å²) in [6, 6.07) is 0. The average Bonchev–Trinajstić information content (AvgIpc) is 3.15. The van der Waals surface area contributed by atoms with E-state index in [1.54, 1.807) is 0 Å². The van der Waals surface area contributed by atoms with Crippen molar-refractivity contribution in [1.82, 2.24) is 20.2 Å². The van der Waals surface area contributed by atoms with Crippen molar-refractivity contribution in [3.8, 4) is 0 Å².